The third-order valence-corrected chi connectivity index (χ3v) is 10.2. The number of ether oxygens (including phenoxy) is 1. The van der Waals surface area contributed by atoms with Gasteiger partial charge >= 0.3 is 0 Å². The van der Waals surface area contributed by atoms with Crippen LogP contribution in [0, 0.1) is 6.92 Å². The summed E-state index contributed by atoms with van der Waals surface area (Å²) >= 11 is 1.23. The molecular weight excluding hydrogens is 635 g/mol. The lowest BCUT2D eigenvalue weighted by Crippen LogP contribution is -2.30. The summed E-state index contributed by atoms with van der Waals surface area (Å²) in [5.41, 5.74) is 4.12. The Morgan fingerprint density at radius 2 is 1.62 bits per heavy atom. The van der Waals surface area contributed by atoms with Crippen LogP contribution in [0.2, 0.25) is 0 Å². The van der Waals surface area contributed by atoms with Gasteiger partial charge in [-0.25, -0.2) is 8.42 Å². The summed E-state index contributed by atoms with van der Waals surface area (Å²) in [5.74, 6) is 0.927. The van der Waals surface area contributed by atoms with E-state index in [0.717, 1.165) is 11.3 Å². The molecule has 0 fully saturated rings. The van der Waals surface area contributed by atoms with Gasteiger partial charge in [0, 0.05) is 30.0 Å². The first-order valence-corrected chi connectivity index (χ1v) is 17.4. The third kappa shape index (κ3) is 7.76. The second kappa shape index (κ2) is 15.2. The molecule has 5 aromatic rings. The van der Waals surface area contributed by atoms with Gasteiger partial charge in [0.15, 0.2) is 11.0 Å². The molecule has 0 radical (unpaired) electrons. The van der Waals surface area contributed by atoms with E-state index >= 15 is 0 Å². The number of thioether (sulfide) groups is 1. The number of carbonyl (C=O) groups excluding carboxylic acids is 1. The molecule has 1 aromatic heterocycles. The quantitative estimate of drug-likeness (QED) is 0.102. The molecule has 1 amide bonds. The fourth-order valence-corrected chi connectivity index (χ4v) is 7.12. The molecule has 1 heterocycles. The van der Waals surface area contributed by atoms with Gasteiger partial charge in [0.1, 0.15) is 11.4 Å². The average molecular weight is 670 g/mol. The van der Waals surface area contributed by atoms with Crippen LogP contribution in [-0.2, 0) is 14.8 Å². The number of hydrogen-bond donors (Lipinski definition) is 1. The van der Waals surface area contributed by atoms with Gasteiger partial charge in [0.2, 0.25) is 15.9 Å². The third-order valence-electron chi connectivity index (χ3n) is 7.25. The molecule has 0 unspecified atom stereocenters. The molecule has 5 rings (SSSR count). The zero-order valence-corrected chi connectivity index (χ0v) is 28.1. The number of rotatable bonds is 13. The highest BCUT2D eigenvalue weighted by atomic mass is 32.2. The van der Waals surface area contributed by atoms with Crippen molar-refractivity contribution in [3.8, 4) is 22.8 Å². The standard InChI is InChI=1S/C34H35N7O4S2/c1-5-40(6-2)47(43,44)28-16-12-13-25(22-28)33-38-39-34(41(33)27-14-8-7-9-15-27)46-23-32(42)35-26-19-20-29(24(3)21-26)36-37-30-17-10-11-18-31(30)45-4/h7-22H,5-6,23H2,1-4H3,(H,35,42). The van der Waals surface area contributed by atoms with Gasteiger partial charge in [-0.1, -0.05) is 68.1 Å². The molecule has 0 aliphatic heterocycles. The summed E-state index contributed by atoms with van der Waals surface area (Å²) in [6.07, 6.45) is 0. The van der Waals surface area contributed by atoms with E-state index in [2.05, 4.69) is 25.7 Å². The van der Waals surface area contributed by atoms with Crippen LogP contribution in [0.4, 0.5) is 17.1 Å². The fraction of sp³-hybridized carbons (Fsp3) is 0.206. The molecule has 0 bridgehead atoms. The SMILES string of the molecule is CCN(CC)S(=O)(=O)c1cccc(-c2nnc(SCC(=O)Nc3ccc(N=Nc4ccccc4OC)c(C)c3)n2-c2ccccc2)c1. The maximum Gasteiger partial charge on any atom is 0.243 e. The van der Waals surface area contributed by atoms with E-state index in [-0.39, 0.29) is 16.6 Å². The molecule has 47 heavy (non-hydrogen) atoms. The number of carbonyl (C=O) groups is 1. The van der Waals surface area contributed by atoms with Crippen molar-refractivity contribution >= 4 is 44.8 Å². The number of aryl methyl sites for hydroxylation is 1. The van der Waals surface area contributed by atoms with Crippen LogP contribution in [0.5, 0.6) is 5.75 Å². The first-order valence-electron chi connectivity index (χ1n) is 14.9. The maximum absolute atomic E-state index is 13.2. The Kier molecular flexibility index (Phi) is 10.8. The normalized spacial score (nSPS) is 11.7. The number of sulfonamides is 1. The molecule has 242 valence electrons. The highest BCUT2D eigenvalue weighted by Gasteiger charge is 2.24. The second-order valence-electron chi connectivity index (χ2n) is 10.3. The van der Waals surface area contributed by atoms with E-state index in [1.807, 2.05) is 86.0 Å². The number of methoxy groups -OCH3 is 1. The molecular formula is C34H35N7O4S2. The molecule has 0 saturated carbocycles. The average Bonchev–Trinajstić information content (AvgIpc) is 3.52. The van der Waals surface area contributed by atoms with Crippen molar-refractivity contribution < 1.29 is 17.9 Å². The topological polar surface area (TPSA) is 131 Å². The Morgan fingerprint density at radius 3 is 2.34 bits per heavy atom. The number of anilines is 1. The molecule has 4 aromatic carbocycles. The highest BCUT2D eigenvalue weighted by molar-refractivity contribution is 7.99. The van der Waals surface area contributed by atoms with Crippen LogP contribution < -0.4 is 10.1 Å². The van der Waals surface area contributed by atoms with Gasteiger partial charge in [0.25, 0.3) is 0 Å². The Balaban J connectivity index is 1.34. The fourth-order valence-electron chi connectivity index (χ4n) is 4.86. The van der Waals surface area contributed by atoms with E-state index in [9.17, 15) is 13.2 Å². The summed E-state index contributed by atoms with van der Waals surface area (Å²) in [6.45, 7) is 6.25. The number of azo groups is 1. The molecule has 0 spiro atoms. The van der Waals surface area contributed by atoms with Crippen molar-refractivity contribution in [3.05, 3.63) is 103 Å². The zero-order chi connectivity index (χ0) is 33.4. The van der Waals surface area contributed by atoms with Crippen molar-refractivity contribution in [2.75, 3.05) is 31.3 Å². The van der Waals surface area contributed by atoms with Crippen LogP contribution in [0.1, 0.15) is 19.4 Å². The lowest BCUT2D eigenvalue weighted by atomic mass is 10.2. The number of nitrogens with one attached hydrogen (secondary N) is 1. The van der Waals surface area contributed by atoms with E-state index in [1.54, 1.807) is 43.5 Å². The monoisotopic (exact) mass is 669 g/mol. The van der Waals surface area contributed by atoms with Crippen LogP contribution in [0.25, 0.3) is 17.1 Å². The number of para-hydroxylation sites is 2. The number of benzene rings is 4. The van der Waals surface area contributed by atoms with Crippen molar-refractivity contribution in [2.24, 2.45) is 10.2 Å². The van der Waals surface area contributed by atoms with Crippen LogP contribution in [0.15, 0.2) is 117 Å². The summed E-state index contributed by atoms with van der Waals surface area (Å²) in [6, 6.07) is 29.0. The maximum atomic E-state index is 13.2. The molecule has 0 saturated heterocycles. The van der Waals surface area contributed by atoms with Crippen molar-refractivity contribution in [1.29, 1.82) is 0 Å². The van der Waals surface area contributed by atoms with Crippen LogP contribution in [0.3, 0.4) is 0 Å². The predicted molar refractivity (Wildman–Crippen MR) is 185 cm³/mol. The van der Waals surface area contributed by atoms with Crippen LogP contribution in [-0.4, -0.2) is 59.3 Å². The van der Waals surface area contributed by atoms with E-state index in [1.165, 1.54) is 16.1 Å². The number of aromatic nitrogens is 3. The van der Waals surface area contributed by atoms with E-state index in [0.29, 0.717) is 52.4 Å². The lowest BCUT2D eigenvalue weighted by Gasteiger charge is -2.19. The van der Waals surface area contributed by atoms with Gasteiger partial charge in [-0.05, 0) is 67.1 Å². The van der Waals surface area contributed by atoms with Gasteiger partial charge in [-0.15, -0.1) is 15.3 Å². The minimum absolute atomic E-state index is 0.0651. The lowest BCUT2D eigenvalue weighted by molar-refractivity contribution is -0.113. The zero-order valence-electron chi connectivity index (χ0n) is 26.5. The number of nitrogens with zero attached hydrogens (tertiary/aromatic N) is 6. The first-order chi connectivity index (χ1) is 22.7. The molecule has 11 nitrogen and oxygen atoms in total. The van der Waals surface area contributed by atoms with Crippen molar-refractivity contribution in [3.63, 3.8) is 0 Å². The van der Waals surface area contributed by atoms with E-state index < -0.39 is 10.0 Å². The summed E-state index contributed by atoms with van der Waals surface area (Å²) < 4.78 is 35.1. The minimum Gasteiger partial charge on any atom is -0.494 e. The summed E-state index contributed by atoms with van der Waals surface area (Å²) in [4.78, 5) is 13.2. The Hall–Kier alpha value is -4.85. The van der Waals surface area contributed by atoms with Gasteiger partial charge in [0.05, 0.1) is 23.4 Å². The smallest absolute Gasteiger partial charge is 0.243 e. The highest BCUT2D eigenvalue weighted by Crippen LogP contribution is 2.32. The largest absolute Gasteiger partial charge is 0.494 e. The van der Waals surface area contributed by atoms with Crippen molar-refractivity contribution in [2.45, 2.75) is 30.8 Å². The predicted octanol–water partition coefficient (Wildman–Crippen LogP) is 7.43. The van der Waals surface area contributed by atoms with Crippen LogP contribution >= 0.6 is 11.8 Å². The summed E-state index contributed by atoms with van der Waals surface area (Å²) in [7, 11) is -2.09. The molecule has 13 heteroatoms. The Labute approximate surface area is 278 Å². The Bertz CT molecular complexity index is 1990. The van der Waals surface area contributed by atoms with Crippen molar-refractivity contribution in [1.82, 2.24) is 19.1 Å². The Morgan fingerprint density at radius 1 is 0.894 bits per heavy atom. The molecule has 0 atom stereocenters. The van der Waals surface area contributed by atoms with Gasteiger partial charge < -0.3 is 10.1 Å². The minimum atomic E-state index is -3.68. The van der Waals surface area contributed by atoms with E-state index in [4.69, 9.17) is 4.74 Å². The molecule has 0 aliphatic rings. The first kappa shape index (κ1) is 33.5. The number of hydrogen-bond acceptors (Lipinski definition) is 9. The molecule has 1 N–H and O–H groups in total. The van der Waals surface area contributed by atoms with Gasteiger partial charge in [-0.2, -0.15) is 9.42 Å². The van der Waals surface area contributed by atoms with Gasteiger partial charge in [-0.3, -0.25) is 9.36 Å². The number of amides is 1. The second-order valence-corrected chi connectivity index (χ2v) is 13.2. The molecule has 0 aliphatic carbocycles. The summed E-state index contributed by atoms with van der Waals surface area (Å²) in [5, 5.41) is 20.9.